The predicted octanol–water partition coefficient (Wildman–Crippen LogP) is 2.05. The Hall–Kier alpha value is -2.63. The molecule has 3 rings (SSSR count). The molecule has 6 nitrogen and oxygen atoms in total. The van der Waals surface area contributed by atoms with Gasteiger partial charge in [0.2, 0.25) is 0 Å². The highest BCUT2D eigenvalue weighted by Gasteiger charge is 2.32. The van der Waals surface area contributed by atoms with E-state index < -0.39 is 11.5 Å². The molecule has 120 valence electrons. The summed E-state index contributed by atoms with van der Waals surface area (Å²) in [5, 5.41) is 2.62. The average Bonchev–Trinajstić information content (AvgIpc) is 2.96. The van der Waals surface area contributed by atoms with E-state index in [0.717, 1.165) is 0 Å². The Labute approximate surface area is 132 Å². The van der Waals surface area contributed by atoms with E-state index in [2.05, 4.69) is 10.3 Å². The number of hydrogen-bond donors (Lipinski definition) is 2. The lowest BCUT2D eigenvalue weighted by Crippen LogP contribution is -2.34. The molecule has 1 aliphatic carbocycles. The van der Waals surface area contributed by atoms with E-state index in [1.807, 2.05) is 13.8 Å². The number of amides is 1. The van der Waals surface area contributed by atoms with Crippen molar-refractivity contribution in [1.29, 1.82) is 0 Å². The van der Waals surface area contributed by atoms with Gasteiger partial charge < -0.3 is 14.7 Å². The molecule has 1 amide bonds. The SMILES string of the molecule is CC1(C)CC(=O)c2cc(C(=O)NCc3ccco3)c(=O)[nH]c2C1. The van der Waals surface area contributed by atoms with Gasteiger partial charge in [0.25, 0.3) is 11.5 Å². The average molecular weight is 314 g/mol. The van der Waals surface area contributed by atoms with Crippen LogP contribution in [0.5, 0.6) is 0 Å². The maximum absolute atomic E-state index is 12.3. The van der Waals surface area contributed by atoms with Crippen LogP contribution < -0.4 is 10.9 Å². The number of furan rings is 1. The van der Waals surface area contributed by atoms with Gasteiger partial charge in [-0.25, -0.2) is 0 Å². The number of aromatic amines is 1. The quantitative estimate of drug-likeness (QED) is 0.907. The Bertz CT molecular complexity index is 816. The molecule has 2 heterocycles. The molecule has 2 aromatic rings. The summed E-state index contributed by atoms with van der Waals surface area (Å²) in [5.41, 5.74) is 0.330. The van der Waals surface area contributed by atoms with E-state index in [9.17, 15) is 14.4 Å². The standard InChI is InChI=1S/C17H18N2O4/c1-17(2)7-13-11(14(20)8-17)6-12(16(22)19-13)15(21)18-9-10-4-3-5-23-10/h3-6H,7-9H2,1-2H3,(H,18,21)(H,19,22). The number of hydrogen-bond acceptors (Lipinski definition) is 4. The van der Waals surface area contributed by atoms with Gasteiger partial charge in [-0.1, -0.05) is 13.8 Å². The Morgan fingerprint density at radius 3 is 2.83 bits per heavy atom. The number of aromatic nitrogens is 1. The molecule has 23 heavy (non-hydrogen) atoms. The van der Waals surface area contributed by atoms with Crippen molar-refractivity contribution in [2.24, 2.45) is 5.41 Å². The van der Waals surface area contributed by atoms with E-state index in [1.54, 1.807) is 12.1 Å². The number of Topliss-reactive ketones (excluding diaryl/α,β-unsaturated/α-hetero) is 1. The van der Waals surface area contributed by atoms with Crippen molar-refractivity contribution in [2.45, 2.75) is 33.2 Å². The lowest BCUT2D eigenvalue weighted by molar-refractivity contribution is 0.0910. The molecule has 0 spiro atoms. The van der Waals surface area contributed by atoms with Crippen LogP contribution >= 0.6 is 0 Å². The van der Waals surface area contributed by atoms with Crippen molar-refractivity contribution in [3.8, 4) is 0 Å². The van der Waals surface area contributed by atoms with Crippen LogP contribution in [0.2, 0.25) is 0 Å². The first kappa shape index (κ1) is 15.3. The van der Waals surface area contributed by atoms with Gasteiger partial charge >= 0.3 is 0 Å². The molecular formula is C17H18N2O4. The second-order valence-electron chi connectivity index (χ2n) is 6.61. The van der Waals surface area contributed by atoms with Crippen LogP contribution in [-0.2, 0) is 13.0 Å². The molecule has 0 bridgehead atoms. The Morgan fingerprint density at radius 2 is 2.13 bits per heavy atom. The summed E-state index contributed by atoms with van der Waals surface area (Å²) >= 11 is 0. The van der Waals surface area contributed by atoms with Crippen LogP contribution in [0.3, 0.4) is 0 Å². The third-order valence-electron chi connectivity index (χ3n) is 3.97. The van der Waals surface area contributed by atoms with Crippen molar-refractivity contribution in [2.75, 3.05) is 0 Å². The van der Waals surface area contributed by atoms with Gasteiger partial charge in [-0.05, 0) is 30.0 Å². The second kappa shape index (κ2) is 5.53. The fraction of sp³-hybridized carbons (Fsp3) is 0.353. The maximum atomic E-state index is 12.3. The molecule has 1 aliphatic rings. The summed E-state index contributed by atoms with van der Waals surface area (Å²) in [5.74, 6) is 0.0150. The van der Waals surface area contributed by atoms with E-state index >= 15 is 0 Å². The molecular weight excluding hydrogens is 296 g/mol. The van der Waals surface area contributed by atoms with Crippen LogP contribution in [0.1, 0.15) is 52.4 Å². The number of ketones is 1. The molecule has 2 N–H and O–H groups in total. The molecule has 0 unspecified atom stereocenters. The minimum atomic E-state index is -0.525. The molecule has 0 fully saturated rings. The number of H-pyrrole nitrogens is 1. The topological polar surface area (TPSA) is 92.2 Å². The molecule has 2 aromatic heterocycles. The van der Waals surface area contributed by atoms with Gasteiger partial charge in [0, 0.05) is 17.7 Å². The van der Waals surface area contributed by atoms with Crippen molar-refractivity contribution < 1.29 is 14.0 Å². The van der Waals surface area contributed by atoms with Gasteiger partial charge in [-0.15, -0.1) is 0 Å². The first-order valence-corrected chi connectivity index (χ1v) is 7.46. The van der Waals surface area contributed by atoms with Crippen molar-refractivity contribution in [3.05, 3.63) is 57.4 Å². The summed E-state index contributed by atoms with van der Waals surface area (Å²) in [4.78, 5) is 39.3. The molecule has 6 heteroatoms. The lowest BCUT2D eigenvalue weighted by atomic mass is 9.75. The first-order valence-electron chi connectivity index (χ1n) is 7.46. The lowest BCUT2D eigenvalue weighted by Gasteiger charge is -2.29. The summed E-state index contributed by atoms with van der Waals surface area (Å²) in [6.07, 6.45) is 2.52. The second-order valence-corrected chi connectivity index (χ2v) is 6.61. The van der Waals surface area contributed by atoms with E-state index in [0.29, 0.717) is 29.9 Å². The normalized spacial score (nSPS) is 16.0. The summed E-state index contributed by atoms with van der Waals surface area (Å²) in [7, 11) is 0. The summed E-state index contributed by atoms with van der Waals surface area (Å²) in [6.45, 7) is 4.15. The van der Waals surface area contributed by atoms with E-state index in [-0.39, 0.29) is 23.3 Å². The molecule has 0 saturated heterocycles. The summed E-state index contributed by atoms with van der Waals surface area (Å²) in [6, 6.07) is 4.85. The van der Waals surface area contributed by atoms with E-state index in [1.165, 1.54) is 12.3 Å². The van der Waals surface area contributed by atoms with Gasteiger partial charge in [0.15, 0.2) is 5.78 Å². The number of carbonyl (C=O) groups is 2. The smallest absolute Gasteiger partial charge is 0.261 e. The molecule has 0 radical (unpaired) electrons. The third-order valence-corrected chi connectivity index (χ3v) is 3.97. The molecule has 0 atom stereocenters. The van der Waals surface area contributed by atoms with Crippen LogP contribution in [0.15, 0.2) is 33.7 Å². The Kier molecular flexibility index (Phi) is 3.67. The van der Waals surface area contributed by atoms with Crippen LogP contribution in [0.4, 0.5) is 0 Å². The largest absolute Gasteiger partial charge is 0.467 e. The number of fused-ring (bicyclic) bond motifs is 1. The van der Waals surface area contributed by atoms with Crippen LogP contribution in [-0.4, -0.2) is 16.7 Å². The fourth-order valence-corrected chi connectivity index (χ4v) is 2.87. The Morgan fingerprint density at radius 1 is 1.35 bits per heavy atom. The highest BCUT2D eigenvalue weighted by molar-refractivity contribution is 6.02. The van der Waals surface area contributed by atoms with E-state index in [4.69, 9.17) is 4.42 Å². The zero-order valence-electron chi connectivity index (χ0n) is 13.1. The van der Waals surface area contributed by atoms with Crippen molar-refractivity contribution in [3.63, 3.8) is 0 Å². The number of carbonyl (C=O) groups excluding carboxylic acids is 2. The van der Waals surface area contributed by atoms with Crippen LogP contribution in [0, 0.1) is 5.41 Å². The van der Waals surface area contributed by atoms with Gasteiger partial charge in [0.05, 0.1) is 12.8 Å². The molecule has 0 saturated carbocycles. The van der Waals surface area contributed by atoms with Gasteiger partial charge in [0.1, 0.15) is 11.3 Å². The predicted molar refractivity (Wildman–Crippen MR) is 83.4 cm³/mol. The highest BCUT2D eigenvalue weighted by atomic mass is 16.3. The first-order chi connectivity index (χ1) is 10.9. The number of pyridine rings is 1. The number of nitrogens with one attached hydrogen (secondary N) is 2. The highest BCUT2D eigenvalue weighted by Crippen LogP contribution is 2.33. The maximum Gasteiger partial charge on any atom is 0.261 e. The minimum absolute atomic E-state index is 0.0485. The molecule has 0 aliphatic heterocycles. The van der Waals surface area contributed by atoms with Crippen molar-refractivity contribution in [1.82, 2.24) is 10.3 Å². The zero-order valence-corrected chi connectivity index (χ0v) is 13.1. The van der Waals surface area contributed by atoms with Crippen molar-refractivity contribution >= 4 is 11.7 Å². The number of rotatable bonds is 3. The van der Waals surface area contributed by atoms with Crippen LogP contribution in [0.25, 0.3) is 0 Å². The molecule has 0 aromatic carbocycles. The summed E-state index contributed by atoms with van der Waals surface area (Å²) < 4.78 is 5.13. The zero-order chi connectivity index (χ0) is 16.6. The van der Waals surface area contributed by atoms with Gasteiger partial charge in [-0.2, -0.15) is 0 Å². The Balaban J connectivity index is 1.86. The monoisotopic (exact) mass is 314 g/mol. The third kappa shape index (κ3) is 3.11. The van der Waals surface area contributed by atoms with Gasteiger partial charge in [-0.3, -0.25) is 14.4 Å². The minimum Gasteiger partial charge on any atom is -0.467 e. The fourth-order valence-electron chi connectivity index (χ4n) is 2.87.